The Hall–Kier alpha value is -5.28. The van der Waals surface area contributed by atoms with Crippen molar-refractivity contribution in [3.8, 4) is 22.3 Å². The maximum atomic E-state index is 3.57. The molecule has 0 aliphatic rings. The van der Waals surface area contributed by atoms with Crippen molar-refractivity contribution in [2.24, 2.45) is 0 Å². The summed E-state index contributed by atoms with van der Waals surface area (Å²) in [5.41, 5.74) is 12.1. The summed E-state index contributed by atoms with van der Waals surface area (Å²) in [5, 5.41) is 7.64. The van der Waals surface area contributed by atoms with Crippen LogP contribution in [0.25, 0.3) is 87.7 Å². The van der Waals surface area contributed by atoms with Gasteiger partial charge >= 0.3 is 0 Å². The molecule has 9 aromatic rings. The normalized spacial score (nSPS) is 12.5. The first-order valence-corrected chi connectivity index (χ1v) is 15.0. The lowest BCUT2D eigenvalue weighted by Crippen LogP contribution is -2.21. The quantitative estimate of drug-likeness (QED) is 0.214. The SMILES string of the molecule is CC(C)(C)n1c2ccc(-c3ccc4[nH]c5ccccc5c4c3)cc2c2cc(-c3ccc4[nH]c5ccccc5c4c3)ccc21. The molecule has 0 unspecified atom stereocenters. The highest BCUT2D eigenvalue weighted by molar-refractivity contribution is 6.13. The van der Waals surface area contributed by atoms with Crippen molar-refractivity contribution < 1.29 is 0 Å². The first-order chi connectivity index (χ1) is 20.9. The fourth-order valence-corrected chi connectivity index (χ4v) is 7.16. The first-order valence-electron chi connectivity index (χ1n) is 15.0. The van der Waals surface area contributed by atoms with Gasteiger partial charge in [-0.25, -0.2) is 0 Å². The Balaban J connectivity index is 1.26. The third-order valence-electron chi connectivity index (χ3n) is 9.11. The molecule has 0 bridgehead atoms. The molecule has 0 amide bonds. The Morgan fingerprint density at radius 3 is 1.21 bits per heavy atom. The van der Waals surface area contributed by atoms with Gasteiger partial charge in [-0.05, 0) is 104 Å². The monoisotopic (exact) mass is 553 g/mol. The number of benzene rings is 6. The lowest BCUT2D eigenvalue weighted by atomic mass is 9.98. The number of nitrogens with one attached hydrogen (secondary N) is 2. The van der Waals surface area contributed by atoms with Crippen LogP contribution in [0.1, 0.15) is 20.8 Å². The van der Waals surface area contributed by atoms with Crippen molar-refractivity contribution in [2.75, 3.05) is 0 Å². The molecule has 0 atom stereocenters. The van der Waals surface area contributed by atoms with Gasteiger partial charge in [-0.15, -0.1) is 0 Å². The summed E-state index contributed by atoms with van der Waals surface area (Å²) in [6.07, 6.45) is 0. The van der Waals surface area contributed by atoms with E-state index in [2.05, 4.69) is 157 Å². The van der Waals surface area contributed by atoms with E-state index < -0.39 is 0 Å². The lowest BCUT2D eigenvalue weighted by molar-refractivity contribution is 0.423. The van der Waals surface area contributed by atoms with E-state index in [0.29, 0.717) is 0 Å². The summed E-state index contributed by atoms with van der Waals surface area (Å²) in [4.78, 5) is 7.13. The number of para-hydroxylation sites is 2. The smallest absolute Gasteiger partial charge is 0.0496 e. The molecule has 206 valence electrons. The van der Waals surface area contributed by atoms with E-state index in [9.17, 15) is 0 Å². The number of nitrogens with zero attached hydrogens (tertiary/aromatic N) is 1. The molecule has 0 saturated carbocycles. The average molecular weight is 554 g/mol. The first kappa shape index (κ1) is 24.3. The molecule has 3 heterocycles. The molecule has 9 rings (SSSR count). The van der Waals surface area contributed by atoms with Crippen LogP contribution in [-0.2, 0) is 5.54 Å². The van der Waals surface area contributed by atoms with Gasteiger partial charge in [0.2, 0.25) is 0 Å². The zero-order valence-electron chi connectivity index (χ0n) is 24.5. The van der Waals surface area contributed by atoms with Crippen LogP contribution in [0.3, 0.4) is 0 Å². The number of aromatic amines is 2. The van der Waals surface area contributed by atoms with Crippen LogP contribution >= 0.6 is 0 Å². The molecule has 6 aromatic carbocycles. The van der Waals surface area contributed by atoms with Crippen molar-refractivity contribution in [2.45, 2.75) is 26.3 Å². The van der Waals surface area contributed by atoms with Crippen molar-refractivity contribution in [3.05, 3.63) is 121 Å². The third kappa shape index (κ3) is 3.61. The second-order valence-corrected chi connectivity index (χ2v) is 12.8. The van der Waals surface area contributed by atoms with Crippen LogP contribution in [0.15, 0.2) is 121 Å². The predicted molar refractivity (Wildman–Crippen MR) is 184 cm³/mol. The van der Waals surface area contributed by atoms with E-state index in [0.717, 1.165) is 0 Å². The topological polar surface area (TPSA) is 36.5 Å². The van der Waals surface area contributed by atoms with Crippen molar-refractivity contribution in [1.82, 2.24) is 14.5 Å². The van der Waals surface area contributed by atoms with Crippen molar-refractivity contribution in [3.63, 3.8) is 0 Å². The van der Waals surface area contributed by atoms with Crippen LogP contribution in [0, 0.1) is 0 Å². The summed E-state index contributed by atoms with van der Waals surface area (Å²) in [5.74, 6) is 0. The Morgan fingerprint density at radius 1 is 0.395 bits per heavy atom. The van der Waals surface area contributed by atoms with Crippen LogP contribution in [0.2, 0.25) is 0 Å². The second kappa shape index (κ2) is 8.62. The molecule has 0 spiro atoms. The maximum Gasteiger partial charge on any atom is 0.0496 e. The third-order valence-corrected chi connectivity index (χ3v) is 9.11. The molecule has 0 aliphatic heterocycles. The van der Waals surface area contributed by atoms with E-state index in [1.165, 1.54) is 87.7 Å². The summed E-state index contributed by atoms with van der Waals surface area (Å²) in [6, 6.07) is 44.7. The molecule has 0 fully saturated rings. The van der Waals surface area contributed by atoms with Crippen LogP contribution in [0.4, 0.5) is 0 Å². The second-order valence-electron chi connectivity index (χ2n) is 12.8. The number of hydrogen-bond donors (Lipinski definition) is 2. The Morgan fingerprint density at radius 2 is 0.767 bits per heavy atom. The number of hydrogen-bond acceptors (Lipinski definition) is 0. The van der Waals surface area contributed by atoms with Crippen LogP contribution < -0.4 is 0 Å². The molecule has 43 heavy (non-hydrogen) atoms. The van der Waals surface area contributed by atoms with Gasteiger partial charge in [-0.3, -0.25) is 0 Å². The van der Waals surface area contributed by atoms with Gasteiger partial charge in [0.25, 0.3) is 0 Å². The minimum absolute atomic E-state index is 0.0606. The zero-order valence-corrected chi connectivity index (χ0v) is 24.5. The van der Waals surface area contributed by atoms with Gasteiger partial charge < -0.3 is 14.5 Å². The summed E-state index contributed by atoms with van der Waals surface area (Å²) >= 11 is 0. The fraction of sp³-hybridized carbons (Fsp3) is 0.100. The average Bonchev–Trinajstić information content (AvgIpc) is 3.69. The largest absolute Gasteiger partial charge is 0.355 e. The van der Waals surface area contributed by atoms with E-state index in [1.54, 1.807) is 0 Å². The highest BCUT2D eigenvalue weighted by Gasteiger charge is 2.21. The Labute approximate surface area is 249 Å². The van der Waals surface area contributed by atoms with E-state index in [-0.39, 0.29) is 5.54 Å². The van der Waals surface area contributed by atoms with E-state index in [4.69, 9.17) is 0 Å². The van der Waals surface area contributed by atoms with Crippen LogP contribution in [0.5, 0.6) is 0 Å². The number of fused-ring (bicyclic) bond motifs is 9. The van der Waals surface area contributed by atoms with E-state index in [1.807, 2.05) is 0 Å². The Bertz CT molecular complexity index is 2370. The fourth-order valence-electron chi connectivity index (χ4n) is 7.16. The minimum atomic E-state index is -0.0606. The minimum Gasteiger partial charge on any atom is -0.355 e. The number of H-pyrrole nitrogens is 2. The molecule has 3 aromatic heterocycles. The number of aromatic nitrogens is 3. The summed E-state index contributed by atoms with van der Waals surface area (Å²) in [6.45, 7) is 6.89. The van der Waals surface area contributed by atoms with Gasteiger partial charge in [0, 0.05) is 71.0 Å². The molecule has 3 nitrogen and oxygen atoms in total. The maximum absolute atomic E-state index is 3.57. The standard InChI is InChI=1S/C40H31N3/c1-40(2,3)43-38-18-14-26(24-12-16-36-30(20-24)28-8-4-6-10-34(28)41-36)22-32(38)33-23-27(15-19-39(33)43)25-13-17-37-31(21-25)29-9-5-7-11-35(29)42-37/h4-23,41-42H,1-3H3. The molecule has 0 saturated heterocycles. The highest BCUT2D eigenvalue weighted by atomic mass is 15.0. The van der Waals surface area contributed by atoms with Crippen molar-refractivity contribution in [1.29, 1.82) is 0 Å². The van der Waals surface area contributed by atoms with Gasteiger partial charge in [-0.1, -0.05) is 60.7 Å². The zero-order chi connectivity index (χ0) is 28.9. The Kier molecular flexibility index (Phi) is 4.88. The van der Waals surface area contributed by atoms with Gasteiger partial charge in [-0.2, -0.15) is 0 Å². The molecule has 2 N–H and O–H groups in total. The van der Waals surface area contributed by atoms with Crippen molar-refractivity contribution >= 4 is 65.4 Å². The van der Waals surface area contributed by atoms with E-state index >= 15 is 0 Å². The van der Waals surface area contributed by atoms with Gasteiger partial charge in [0.15, 0.2) is 0 Å². The summed E-state index contributed by atoms with van der Waals surface area (Å²) in [7, 11) is 0. The molecule has 3 heteroatoms. The highest BCUT2D eigenvalue weighted by Crippen LogP contribution is 2.40. The molecular formula is C40H31N3. The lowest BCUT2D eigenvalue weighted by Gasteiger charge is -2.24. The molecular weight excluding hydrogens is 522 g/mol. The number of rotatable bonds is 2. The summed E-state index contributed by atoms with van der Waals surface area (Å²) < 4.78 is 2.50. The van der Waals surface area contributed by atoms with Gasteiger partial charge in [0.1, 0.15) is 0 Å². The van der Waals surface area contributed by atoms with Crippen LogP contribution in [-0.4, -0.2) is 14.5 Å². The van der Waals surface area contributed by atoms with Gasteiger partial charge in [0.05, 0.1) is 0 Å². The predicted octanol–water partition coefficient (Wildman–Crippen LogP) is 11.2. The molecule has 0 radical (unpaired) electrons. The molecule has 0 aliphatic carbocycles.